The van der Waals surface area contributed by atoms with Gasteiger partial charge in [0.05, 0.1) is 12.5 Å². The lowest BCUT2D eigenvalue weighted by Gasteiger charge is -2.29. The summed E-state index contributed by atoms with van der Waals surface area (Å²) in [6.45, 7) is 10.7. The summed E-state index contributed by atoms with van der Waals surface area (Å²) in [7, 11) is 0. The summed E-state index contributed by atoms with van der Waals surface area (Å²) >= 11 is 0. The summed E-state index contributed by atoms with van der Waals surface area (Å²) in [5.41, 5.74) is 11.0. The smallest absolute Gasteiger partial charge is 0.326 e. The fraction of sp³-hybridized carbons (Fsp3) is 0.762. The molecule has 0 aromatic heterocycles. The van der Waals surface area contributed by atoms with Gasteiger partial charge in [-0.25, -0.2) is 4.79 Å². The van der Waals surface area contributed by atoms with Crippen LogP contribution in [0.15, 0.2) is 0 Å². The van der Waals surface area contributed by atoms with Crippen molar-refractivity contribution >= 4 is 29.6 Å². The van der Waals surface area contributed by atoms with Crippen molar-refractivity contribution in [1.29, 1.82) is 0 Å². The number of rotatable bonds is 14. The van der Waals surface area contributed by atoms with Crippen molar-refractivity contribution in [2.75, 3.05) is 0 Å². The average Bonchev–Trinajstić information content (AvgIpc) is 2.72. The van der Waals surface area contributed by atoms with Crippen LogP contribution in [0.3, 0.4) is 0 Å². The third kappa shape index (κ3) is 9.21. The van der Waals surface area contributed by atoms with Gasteiger partial charge in [-0.15, -0.1) is 0 Å². The second kappa shape index (κ2) is 13.7. The molecule has 11 nitrogen and oxygen atoms in total. The number of nitrogens with one attached hydrogen (secondary N) is 3. The molecule has 0 saturated heterocycles. The fourth-order valence-electron chi connectivity index (χ4n) is 2.90. The van der Waals surface area contributed by atoms with Crippen LogP contribution < -0.4 is 27.4 Å². The van der Waals surface area contributed by atoms with E-state index in [9.17, 15) is 29.1 Å². The van der Waals surface area contributed by atoms with Crippen LogP contribution in [0.1, 0.15) is 60.8 Å². The van der Waals surface area contributed by atoms with E-state index in [4.69, 9.17) is 11.5 Å². The summed E-state index contributed by atoms with van der Waals surface area (Å²) in [5, 5.41) is 16.8. The van der Waals surface area contributed by atoms with Gasteiger partial charge in [0.2, 0.25) is 23.6 Å². The zero-order chi connectivity index (χ0) is 25.2. The minimum Gasteiger partial charge on any atom is -0.480 e. The van der Waals surface area contributed by atoms with E-state index in [1.165, 1.54) is 0 Å². The highest BCUT2D eigenvalue weighted by atomic mass is 16.4. The van der Waals surface area contributed by atoms with E-state index in [1.807, 2.05) is 20.8 Å². The van der Waals surface area contributed by atoms with Crippen LogP contribution in [-0.2, 0) is 24.0 Å². The van der Waals surface area contributed by atoms with Crippen molar-refractivity contribution in [1.82, 2.24) is 16.0 Å². The number of hydrogen-bond acceptors (Lipinski definition) is 6. The van der Waals surface area contributed by atoms with Crippen molar-refractivity contribution in [3.63, 3.8) is 0 Å². The molecule has 0 saturated carbocycles. The standard InChI is InChI=1S/C21H39N5O6/c1-7-11(5)15(23)18(28)25-16(10(3)4)19(29)26-17(12(6)8-2)20(30)24-13(21(31)32)9-14(22)27/h10-13,15-17H,7-9,23H2,1-6H3,(H2,22,27)(H,24,30)(H,25,28)(H,26,29)(H,31,32). The van der Waals surface area contributed by atoms with Gasteiger partial charge >= 0.3 is 5.97 Å². The molecule has 0 aliphatic rings. The Labute approximate surface area is 189 Å². The van der Waals surface area contributed by atoms with Gasteiger partial charge in [0.1, 0.15) is 18.1 Å². The van der Waals surface area contributed by atoms with Crippen LogP contribution in [0, 0.1) is 17.8 Å². The molecule has 6 unspecified atom stereocenters. The summed E-state index contributed by atoms with van der Waals surface area (Å²) in [6.07, 6.45) is 0.614. The molecule has 0 bridgehead atoms. The summed E-state index contributed by atoms with van der Waals surface area (Å²) in [5.74, 6) is -4.86. The number of carbonyl (C=O) groups is 5. The molecule has 184 valence electrons. The quantitative estimate of drug-likeness (QED) is 0.202. The summed E-state index contributed by atoms with van der Waals surface area (Å²) in [4.78, 5) is 60.7. The highest BCUT2D eigenvalue weighted by molar-refractivity contribution is 5.95. The van der Waals surface area contributed by atoms with Crippen molar-refractivity contribution in [3.05, 3.63) is 0 Å². The highest BCUT2D eigenvalue weighted by Crippen LogP contribution is 2.12. The van der Waals surface area contributed by atoms with E-state index >= 15 is 0 Å². The average molecular weight is 458 g/mol. The van der Waals surface area contributed by atoms with Gasteiger partial charge in [-0.1, -0.05) is 54.4 Å². The Morgan fingerprint density at radius 3 is 1.66 bits per heavy atom. The molecule has 4 amide bonds. The Bertz CT molecular complexity index is 684. The lowest BCUT2D eigenvalue weighted by Crippen LogP contribution is -2.60. The minimum absolute atomic E-state index is 0.0808. The second-order valence-electron chi connectivity index (χ2n) is 8.58. The fourth-order valence-corrected chi connectivity index (χ4v) is 2.90. The molecule has 8 N–H and O–H groups in total. The van der Waals surface area contributed by atoms with Crippen molar-refractivity contribution in [2.45, 2.75) is 85.0 Å². The molecule has 0 heterocycles. The largest absolute Gasteiger partial charge is 0.480 e. The molecule has 32 heavy (non-hydrogen) atoms. The number of carbonyl (C=O) groups excluding carboxylic acids is 4. The molecule has 0 spiro atoms. The molecule has 0 aliphatic carbocycles. The summed E-state index contributed by atoms with van der Waals surface area (Å²) in [6, 6.07) is -4.33. The lowest BCUT2D eigenvalue weighted by atomic mass is 9.95. The molecule has 0 radical (unpaired) electrons. The lowest BCUT2D eigenvalue weighted by molar-refractivity contribution is -0.144. The van der Waals surface area contributed by atoms with Crippen LogP contribution in [-0.4, -0.2) is 58.9 Å². The zero-order valence-electron chi connectivity index (χ0n) is 19.8. The van der Waals surface area contributed by atoms with Crippen LogP contribution in [0.5, 0.6) is 0 Å². The van der Waals surface area contributed by atoms with Crippen LogP contribution in [0.25, 0.3) is 0 Å². The Hall–Kier alpha value is -2.69. The highest BCUT2D eigenvalue weighted by Gasteiger charge is 2.34. The maximum Gasteiger partial charge on any atom is 0.326 e. The molecule has 6 atom stereocenters. The molecule has 11 heteroatoms. The molecule has 0 aliphatic heterocycles. The number of carboxylic acids is 1. The van der Waals surface area contributed by atoms with Crippen LogP contribution >= 0.6 is 0 Å². The topological polar surface area (TPSA) is 194 Å². The predicted octanol–water partition coefficient (Wildman–Crippen LogP) is -0.524. The van der Waals surface area contributed by atoms with Crippen LogP contribution in [0.2, 0.25) is 0 Å². The molecule has 0 aromatic carbocycles. The van der Waals surface area contributed by atoms with Gasteiger partial charge in [0.25, 0.3) is 0 Å². The molecular formula is C21H39N5O6. The maximum atomic E-state index is 13.0. The van der Waals surface area contributed by atoms with Crippen molar-refractivity contribution in [2.24, 2.45) is 29.2 Å². The first kappa shape index (κ1) is 29.3. The normalized spacial score (nSPS) is 16.8. The van der Waals surface area contributed by atoms with Gasteiger partial charge in [0.15, 0.2) is 0 Å². The van der Waals surface area contributed by atoms with Gasteiger partial charge in [-0.05, 0) is 17.8 Å². The first-order chi connectivity index (χ1) is 14.8. The van der Waals surface area contributed by atoms with E-state index in [1.54, 1.807) is 20.8 Å². The monoisotopic (exact) mass is 457 g/mol. The first-order valence-electron chi connectivity index (χ1n) is 10.9. The Balaban J connectivity index is 5.54. The molecule has 0 rings (SSSR count). The van der Waals surface area contributed by atoms with Gasteiger partial charge in [-0.3, -0.25) is 19.2 Å². The van der Waals surface area contributed by atoms with E-state index < -0.39 is 60.2 Å². The predicted molar refractivity (Wildman–Crippen MR) is 119 cm³/mol. The maximum absolute atomic E-state index is 13.0. The molecule has 0 aromatic rings. The third-order valence-corrected chi connectivity index (χ3v) is 5.62. The SMILES string of the molecule is CCC(C)C(N)C(=O)NC(C(=O)NC(C(=O)NC(CC(N)=O)C(=O)O)C(C)CC)C(C)C. The zero-order valence-corrected chi connectivity index (χ0v) is 19.8. The number of aliphatic carboxylic acids is 1. The van der Waals surface area contributed by atoms with Crippen LogP contribution in [0.4, 0.5) is 0 Å². The number of primary amides is 1. The van der Waals surface area contributed by atoms with E-state index in [0.717, 1.165) is 0 Å². The first-order valence-corrected chi connectivity index (χ1v) is 10.9. The van der Waals surface area contributed by atoms with Crippen molar-refractivity contribution in [3.8, 4) is 0 Å². The third-order valence-electron chi connectivity index (χ3n) is 5.62. The number of nitrogens with two attached hydrogens (primary N) is 2. The molecule has 0 fully saturated rings. The van der Waals surface area contributed by atoms with Gasteiger partial charge in [-0.2, -0.15) is 0 Å². The van der Waals surface area contributed by atoms with E-state index in [2.05, 4.69) is 16.0 Å². The minimum atomic E-state index is -1.52. The number of hydrogen-bond donors (Lipinski definition) is 6. The van der Waals surface area contributed by atoms with E-state index in [-0.39, 0.29) is 17.8 Å². The van der Waals surface area contributed by atoms with Gasteiger partial charge < -0.3 is 32.5 Å². The molecular weight excluding hydrogens is 418 g/mol. The Kier molecular flexibility index (Phi) is 12.5. The van der Waals surface area contributed by atoms with Crippen molar-refractivity contribution < 1.29 is 29.1 Å². The number of carboxylic acid groups (broad SMARTS) is 1. The van der Waals surface area contributed by atoms with E-state index in [0.29, 0.717) is 12.8 Å². The second-order valence-corrected chi connectivity index (χ2v) is 8.58. The Morgan fingerprint density at radius 2 is 1.25 bits per heavy atom. The number of amides is 4. The van der Waals surface area contributed by atoms with Gasteiger partial charge in [0, 0.05) is 0 Å². The summed E-state index contributed by atoms with van der Waals surface area (Å²) < 4.78 is 0. The Morgan fingerprint density at radius 1 is 0.781 bits per heavy atom.